The predicted molar refractivity (Wildman–Crippen MR) is 159 cm³/mol. The third-order valence-corrected chi connectivity index (χ3v) is 10.2. The molecular formula is C34H33F2N5O. The molecule has 5 heterocycles. The van der Waals surface area contributed by atoms with Crippen molar-refractivity contribution in [2.75, 3.05) is 37.7 Å². The minimum atomic E-state index is -0.581. The number of anilines is 1. The minimum Gasteiger partial charge on any atom is -0.461 e. The maximum atomic E-state index is 16.7. The summed E-state index contributed by atoms with van der Waals surface area (Å²) in [6, 6.07) is 8.57. The van der Waals surface area contributed by atoms with Gasteiger partial charge in [0.15, 0.2) is 5.82 Å². The lowest BCUT2D eigenvalue weighted by Crippen LogP contribution is -2.43. The molecule has 4 fully saturated rings. The van der Waals surface area contributed by atoms with E-state index in [-0.39, 0.29) is 28.3 Å². The first-order chi connectivity index (χ1) is 20.5. The van der Waals surface area contributed by atoms with Gasteiger partial charge in [-0.3, -0.25) is 9.88 Å². The first kappa shape index (κ1) is 25.8. The van der Waals surface area contributed by atoms with Crippen LogP contribution >= 0.6 is 0 Å². The van der Waals surface area contributed by atoms with E-state index in [0.29, 0.717) is 40.6 Å². The predicted octanol–water partition coefficient (Wildman–Crippen LogP) is 6.35. The molecule has 2 atom stereocenters. The quantitative estimate of drug-likeness (QED) is 0.263. The molecule has 2 aromatic heterocycles. The van der Waals surface area contributed by atoms with E-state index in [1.807, 2.05) is 6.07 Å². The molecule has 42 heavy (non-hydrogen) atoms. The number of fused-ring (bicyclic) bond motifs is 5. The van der Waals surface area contributed by atoms with Crippen molar-refractivity contribution in [2.24, 2.45) is 11.8 Å². The summed E-state index contributed by atoms with van der Waals surface area (Å²) in [6.45, 7) is 4.46. The van der Waals surface area contributed by atoms with E-state index in [1.54, 1.807) is 24.4 Å². The zero-order valence-electron chi connectivity index (χ0n) is 23.6. The molecule has 0 radical (unpaired) electrons. The molecule has 3 aliphatic heterocycles. The van der Waals surface area contributed by atoms with Gasteiger partial charge in [0.2, 0.25) is 0 Å². The average molecular weight is 566 g/mol. The van der Waals surface area contributed by atoms with Gasteiger partial charge in [0, 0.05) is 30.2 Å². The number of nitrogens with zero attached hydrogens (tertiary/aromatic N) is 5. The second kappa shape index (κ2) is 9.88. The van der Waals surface area contributed by atoms with Crippen LogP contribution in [0.5, 0.6) is 6.01 Å². The highest BCUT2D eigenvalue weighted by Crippen LogP contribution is 2.42. The van der Waals surface area contributed by atoms with E-state index in [4.69, 9.17) is 16.1 Å². The molecule has 214 valence electrons. The number of hydrogen-bond donors (Lipinski definition) is 0. The van der Waals surface area contributed by atoms with Crippen LogP contribution in [0.15, 0.2) is 36.5 Å². The molecule has 8 heteroatoms. The zero-order chi connectivity index (χ0) is 28.4. The average Bonchev–Trinajstić information content (AvgIpc) is 3.69. The third-order valence-electron chi connectivity index (χ3n) is 10.2. The van der Waals surface area contributed by atoms with E-state index in [0.717, 1.165) is 44.4 Å². The Balaban J connectivity index is 1.27. The molecule has 2 aromatic carbocycles. The molecule has 0 amide bonds. The summed E-state index contributed by atoms with van der Waals surface area (Å²) in [6.07, 6.45) is 15.6. The Labute approximate surface area is 244 Å². The van der Waals surface area contributed by atoms with Gasteiger partial charge < -0.3 is 9.64 Å². The number of hydrogen-bond acceptors (Lipinski definition) is 6. The van der Waals surface area contributed by atoms with Crippen LogP contribution in [0.25, 0.3) is 32.9 Å². The first-order valence-electron chi connectivity index (χ1n) is 15.2. The van der Waals surface area contributed by atoms with Gasteiger partial charge in [-0.1, -0.05) is 30.2 Å². The number of aromatic nitrogens is 3. The SMILES string of the molecule is C#Cc1c(F)ccc2cccc(-c3ncc4c(N5CC6CCC(C6)C5)nc(OCC56CCCN5CCC6)nc4c3F)c12. The topological polar surface area (TPSA) is 54.4 Å². The van der Waals surface area contributed by atoms with Gasteiger partial charge in [0.25, 0.3) is 0 Å². The lowest BCUT2D eigenvalue weighted by Gasteiger charge is -2.34. The molecular weight excluding hydrogens is 532 g/mol. The summed E-state index contributed by atoms with van der Waals surface area (Å²) >= 11 is 0. The Kier molecular flexibility index (Phi) is 6.08. The normalized spacial score (nSPS) is 23.0. The molecule has 0 spiro atoms. The maximum Gasteiger partial charge on any atom is 0.319 e. The van der Waals surface area contributed by atoms with Gasteiger partial charge in [0.1, 0.15) is 29.5 Å². The van der Waals surface area contributed by atoms with Crippen LogP contribution < -0.4 is 9.64 Å². The standard InChI is InChI=1S/C34H33F2N5O/c1-2-24-27(35)11-10-23-6-3-7-25(28(23)24)30-29(36)31-26(17-37-30)32(40-18-21-8-9-22(16-21)19-40)39-33(38-31)42-20-34-12-4-14-41(34)15-5-13-34/h1,3,6-7,10-11,17,21-22H,4-5,8-9,12-16,18-20H2. The van der Waals surface area contributed by atoms with Crippen molar-refractivity contribution in [3.8, 4) is 29.6 Å². The van der Waals surface area contributed by atoms with Crippen LogP contribution in [0.4, 0.5) is 14.6 Å². The van der Waals surface area contributed by atoms with Gasteiger partial charge in [-0.25, -0.2) is 8.78 Å². The number of ether oxygens (including phenoxy) is 1. The van der Waals surface area contributed by atoms with Crippen LogP contribution in [0.3, 0.4) is 0 Å². The number of rotatable bonds is 5. The summed E-state index contributed by atoms with van der Waals surface area (Å²) in [5.74, 6) is 3.28. The number of halogens is 2. The van der Waals surface area contributed by atoms with Crippen molar-refractivity contribution in [3.05, 3.63) is 53.7 Å². The number of terminal acetylenes is 1. The Hall–Kier alpha value is -3.83. The molecule has 2 unspecified atom stereocenters. The maximum absolute atomic E-state index is 16.7. The van der Waals surface area contributed by atoms with Crippen LogP contribution in [0.1, 0.15) is 50.5 Å². The van der Waals surface area contributed by atoms with Crippen molar-refractivity contribution >= 4 is 27.5 Å². The van der Waals surface area contributed by atoms with Crippen LogP contribution in [0.2, 0.25) is 0 Å². The molecule has 4 aliphatic rings. The summed E-state index contributed by atoms with van der Waals surface area (Å²) in [7, 11) is 0. The molecule has 6 nitrogen and oxygen atoms in total. The van der Waals surface area contributed by atoms with Gasteiger partial charge in [0.05, 0.1) is 16.5 Å². The van der Waals surface area contributed by atoms with Crippen molar-refractivity contribution in [1.29, 1.82) is 0 Å². The van der Waals surface area contributed by atoms with E-state index < -0.39 is 11.6 Å². The lowest BCUT2D eigenvalue weighted by molar-refractivity contribution is 0.108. The Morgan fingerprint density at radius 1 is 1.02 bits per heavy atom. The molecule has 1 aliphatic carbocycles. The minimum absolute atomic E-state index is 0.0172. The molecule has 3 saturated heterocycles. The third kappa shape index (κ3) is 4.04. The number of benzene rings is 2. The molecule has 8 rings (SSSR count). The number of pyridine rings is 1. The van der Waals surface area contributed by atoms with Gasteiger partial charge in [-0.15, -0.1) is 6.42 Å². The Morgan fingerprint density at radius 3 is 2.57 bits per heavy atom. The summed E-state index contributed by atoms with van der Waals surface area (Å²) < 4.78 is 37.8. The zero-order valence-corrected chi connectivity index (χ0v) is 23.6. The fourth-order valence-corrected chi connectivity index (χ4v) is 8.25. The molecule has 0 N–H and O–H groups in total. The van der Waals surface area contributed by atoms with Gasteiger partial charge >= 0.3 is 6.01 Å². The summed E-state index contributed by atoms with van der Waals surface area (Å²) in [5.41, 5.74) is 0.798. The van der Waals surface area contributed by atoms with Gasteiger partial charge in [-0.05, 0) is 81.3 Å². The smallest absolute Gasteiger partial charge is 0.319 e. The van der Waals surface area contributed by atoms with Crippen molar-refractivity contribution in [1.82, 2.24) is 19.9 Å². The Bertz CT molecular complexity index is 1750. The largest absolute Gasteiger partial charge is 0.461 e. The lowest BCUT2D eigenvalue weighted by atomic mass is 9.95. The molecule has 2 bridgehead atoms. The number of piperidine rings is 1. The highest BCUT2D eigenvalue weighted by Gasteiger charge is 2.45. The Morgan fingerprint density at radius 2 is 1.81 bits per heavy atom. The van der Waals surface area contributed by atoms with E-state index in [2.05, 4.69) is 25.7 Å². The van der Waals surface area contributed by atoms with Crippen LogP contribution in [0, 0.1) is 35.8 Å². The highest BCUT2D eigenvalue weighted by molar-refractivity contribution is 6.02. The van der Waals surface area contributed by atoms with Crippen molar-refractivity contribution < 1.29 is 13.5 Å². The fraction of sp³-hybridized carbons (Fsp3) is 0.441. The van der Waals surface area contributed by atoms with Crippen LogP contribution in [-0.2, 0) is 0 Å². The summed E-state index contributed by atoms with van der Waals surface area (Å²) in [5, 5.41) is 1.75. The fourth-order valence-electron chi connectivity index (χ4n) is 8.25. The summed E-state index contributed by atoms with van der Waals surface area (Å²) in [4.78, 5) is 19.0. The second-order valence-electron chi connectivity index (χ2n) is 12.6. The highest BCUT2D eigenvalue weighted by atomic mass is 19.1. The van der Waals surface area contributed by atoms with Crippen molar-refractivity contribution in [3.63, 3.8) is 0 Å². The monoisotopic (exact) mass is 565 g/mol. The molecule has 1 saturated carbocycles. The van der Waals surface area contributed by atoms with E-state index in [1.165, 1.54) is 38.2 Å². The van der Waals surface area contributed by atoms with Crippen LogP contribution in [-0.4, -0.2) is 58.2 Å². The van der Waals surface area contributed by atoms with E-state index in [9.17, 15) is 4.39 Å². The second-order valence-corrected chi connectivity index (χ2v) is 12.6. The molecule has 4 aromatic rings. The van der Waals surface area contributed by atoms with Gasteiger partial charge in [-0.2, -0.15) is 9.97 Å². The van der Waals surface area contributed by atoms with Crippen molar-refractivity contribution in [2.45, 2.75) is 50.5 Å². The first-order valence-corrected chi connectivity index (χ1v) is 15.2. The van der Waals surface area contributed by atoms with E-state index >= 15 is 4.39 Å².